The van der Waals surface area contributed by atoms with Crippen LogP contribution >= 0.6 is 0 Å². The number of benzene rings is 11. The molecule has 0 spiro atoms. The van der Waals surface area contributed by atoms with E-state index in [4.69, 9.17) is 15.0 Å². The Labute approximate surface area is 434 Å². The van der Waals surface area contributed by atoms with Gasteiger partial charge in [0.05, 0.1) is 0 Å². The fourth-order valence-corrected chi connectivity index (χ4v) is 21.0. The van der Waals surface area contributed by atoms with Gasteiger partial charge in [-0.2, -0.15) is 0 Å². The minimum absolute atomic E-state index is 0.590. The molecule has 0 aliphatic heterocycles. The van der Waals surface area contributed by atoms with Crippen molar-refractivity contribution >= 4 is 52.7 Å². The molecule has 0 N–H and O–H groups in total. The second-order valence-corrected chi connectivity index (χ2v) is 26.7. The summed E-state index contributed by atoms with van der Waals surface area (Å²) in [6.07, 6.45) is 0. The molecule has 0 radical (unpaired) electrons. The minimum atomic E-state index is -3.62. The molecule has 11 aromatic carbocycles. The molecule has 0 bridgehead atoms. The quantitative estimate of drug-likeness (QED) is 0.121. The van der Waals surface area contributed by atoms with Crippen molar-refractivity contribution in [1.29, 1.82) is 0 Å². The van der Waals surface area contributed by atoms with Crippen molar-refractivity contribution in [3.8, 4) is 73.2 Å². The van der Waals surface area contributed by atoms with E-state index >= 15 is 0 Å². The Morgan fingerprint density at radius 2 is 0.581 bits per heavy atom. The third kappa shape index (κ3) is 8.12. The van der Waals surface area contributed by atoms with E-state index in [2.05, 4.69) is 259 Å². The molecule has 2 aromatic heterocycles. The molecule has 5 heteroatoms. The molecule has 4 nitrogen and oxygen atoms in total. The average molecular weight is 1010 g/mol. The van der Waals surface area contributed by atoms with Gasteiger partial charge in [-0.15, -0.1) is 0 Å². The molecule has 74 heavy (non-hydrogen) atoms. The second-order valence-electron chi connectivity index (χ2n) is 18.7. The van der Waals surface area contributed by atoms with Crippen LogP contribution in [0, 0.1) is 0 Å². The molecule has 0 atom stereocenters. The predicted molar refractivity (Wildman–Crippen MR) is 310 cm³/mol. The zero-order valence-corrected chi connectivity index (χ0v) is 42.6. The number of rotatable bonds is 11. The van der Waals surface area contributed by atoms with Crippen LogP contribution in [0.15, 0.2) is 291 Å². The van der Waals surface area contributed by atoms with Crippen LogP contribution in [0.3, 0.4) is 0 Å². The van der Waals surface area contributed by atoms with Crippen LogP contribution in [0.4, 0.5) is 0 Å². The Bertz CT molecular complexity index is 3840. The molecule has 348 valence electrons. The van der Waals surface area contributed by atoms with Crippen molar-refractivity contribution < 1.29 is 0 Å². The summed E-state index contributed by atoms with van der Waals surface area (Å²) in [5.74, 6) is 1.82. The number of hydrogen-bond acceptors (Lipinski definition) is 3. The summed E-state index contributed by atoms with van der Waals surface area (Å²) in [4.78, 5) is 16.0. The third-order valence-corrected chi connectivity index (χ3v) is 24.4. The number of fused-ring (bicyclic) bond motifs is 3. The maximum absolute atomic E-state index is 5.42. The Kier molecular flexibility index (Phi) is 11.7. The normalized spacial score (nSPS) is 11.5. The topological polar surface area (TPSA) is 43.6 Å². The summed E-state index contributed by atoms with van der Waals surface area (Å²) in [6.45, 7) is 0. The Morgan fingerprint density at radius 1 is 0.243 bits per heavy atom. The molecule has 0 saturated heterocycles. The van der Waals surface area contributed by atoms with E-state index in [9.17, 15) is 0 Å². The first-order valence-corrected chi connectivity index (χ1v) is 29.4. The van der Waals surface area contributed by atoms with Crippen LogP contribution in [0.2, 0.25) is 0 Å². The Morgan fingerprint density at radius 3 is 1.03 bits per heavy atom. The maximum Gasteiger partial charge on any atom is -0.0544 e. The Balaban J connectivity index is 1.09. The first kappa shape index (κ1) is 44.7. The van der Waals surface area contributed by atoms with E-state index in [0.29, 0.717) is 17.5 Å². The number of hydrogen-bond donors (Lipinski definition) is 0. The molecule has 0 saturated carbocycles. The summed E-state index contributed by atoms with van der Waals surface area (Å²) in [5, 5.41) is 2.33. The fourth-order valence-electron chi connectivity index (χ4n) is 10.9. The van der Waals surface area contributed by atoms with Gasteiger partial charge in [-0.05, 0) is 11.1 Å². The molecule has 0 aliphatic carbocycles. The van der Waals surface area contributed by atoms with Crippen LogP contribution in [0.1, 0.15) is 0 Å². The number of nitrogens with zero attached hydrogens (tertiary/aromatic N) is 4. The molecular weight excluding hydrogens is 957 g/mol. The molecule has 13 rings (SSSR count). The Hall–Kier alpha value is -9.23. The maximum atomic E-state index is 5.42. The first-order chi connectivity index (χ1) is 36.7. The van der Waals surface area contributed by atoms with E-state index in [0.717, 1.165) is 55.7 Å². The van der Waals surface area contributed by atoms with Gasteiger partial charge in [-0.3, -0.25) is 0 Å². The van der Waals surface area contributed by atoms with Gasteiger partial charge in [0.25, 0.3) is 0 Å². The van der Waals surface area contributed by atoms with Crippen molar-refractivity contribution in [1.82, 2.24) is 19.5 Å². The van der Waals surface area contributed by atoms with Gasteiger partial charge in [-0.25, -0.2) is 0 Å². The van der Waals surface area contributed by atoms with Crippen LogP contribution in [0.5, 0.6) is 0 Å². The zero-order valence-electron chi connectivity index (χ0n) is 40.5. The van der Waals surface area contributed by atoms with E-state index < -0.39 is 13.3 Å². The standard InChI is InChI=1S/C69H48GeN4/c1-8-23-49(24-9-1)54-39-42-64-61(46-54)62-47-55(50-25-10-2-11-26-50)40-43-65(62)74(64)66-44-41-56(48-63(66)69-72-67(51-27-12-3-13-28-51)71-68(73-69)52-29-14-4-15-30-52)53-31-22-38-60(45-53)70(57-32-16-5-17-33-57,58-34-18-6-19-35-58)59-36-20-7-21-37-59/h1-48H. The van der Waals surface area contributed by atoms with E-state index in [1.54, 1.807) is 0 Å². The SMILES string of the molecule is c1ccc(-c2ccc3c(c2)c2cc(-c4ccccc4)ccc2n3-c2ccc(-c3ccc[c]([Ge]([c]4ccccc4)([c]4ccccc4)[c]4ccccc4)c3)cc2-c2nc(-c3ccccc3)nc(-c3ccccc3)n2)cc1. The third-order valence-electron chi connectivity index (χ3n) is 14.4. The molecule has 0 amide bonds. The van der Waals surface area contributed by atoms with Gasteiger partial charge in [0, 0.05) is 0 Å². The first-order valence-electron chi connectivity index (χ1n) is 25.2. The van der Waals surface area contributed by atoms with Crippen LogP contribution < -0.4 is 17.6 Å². The van der Waals surface area contributed by atoms with E-state index in [1.165, 1.54) is 39.5 Å². The number of aromatic nitrogens is 4. The van der Waals surface area contributed by atoms with Gasteiger partial charge >= 0.3 is 353 Å². The van der Waals surface area contributed by atoms with Crippen LogP contribution in [-0.4, -0.2) is 32.8 Å². The summed E-state index contributed by atoms with van der Waals surface area (Å²) >= 11 is -3.62. The zero-order chi connectivity index (χ0) is 49.3. The largest absolute Gasteiger partial charge is 0.0617 e. The van der Waals surface area contributed by atoms with Gasteiger partial charge in [0.2, 0.25) is 0 Å². The fraction of sp³-hybridized carbons (Fsp3) is 0. The van der Waals surface area contributed by atoms with Gasteiger partial charge < -0.3 is 0 Å². The smallest absolute Gasteiger partial charge is 0.0544 e. The van der Waals surface area contributed by atoms with Crippen molar-refractivity contribution in [2.75, 3.05) is 0 Å². The predicted octanol–water partition coefficient (Wildman–Crippen LogP) is 14.3. The molecule has 13 aromatic rings. The minimum Gasteiger partial charge on any atom is -0.0617 e. The van der Waals surface area contributed by atoms with Crippen molar-refractivity contribution in [2.24, 2.45) is 0 Å². The summed E-state index contributed by atoms with van der Waals surface area (Å²) in [6, 6.07) is 105. The molecule has 0 fully saturated rings. The monoisotopic (exact) mass is 1010 g/mol. The van der Waals surface area contributed by atoms with Gasteiger partial charge in [0.1, 0.15) is 0 Å². The summed E-state index contributed by atoms with van der Waals surface area (Å²) < 4.78 is 7.89. The summed E-state index contributed by atoms with van der Waals surface area (Å²) in [5.41, 5.74) is 12.8. The van der Waals surface area contributed by atoms with Crippen molar-refractivity contribution in [3.63, 3.8) is 0 Å². The van der Waals surface area contributed by atoms with Gasteiger partial charge in [0.15, 0.2) is 0 Å². The van der Waals surface area contributed by atoms with Crippen LogP contribution in [-0.2, 0) is 0 Å². The molecular formula is C69H48GeN4. The second kappa shape index (κ2) is 19.4. The van der Waals surface area contributed by atoms with E-state index in [-0.39, 0.29) is 0 Å². The van der Waals surface area contributed by atoms with Gasteiger partial charge in [-0.1, -0.05) is 72.8 Å². The average Bonchev–Trinajstić information content (AvgIpc) is 3.85. The molecule has 0 unspecified atom stereocenters. The molecule has 0 aliphatic rings. The van der Waals surface area contributed by atoms with Crippen LogP contribution in [0.25, 0.3) is 95.0 Å². The van der Waals surface area contributed by atoms with E-state index in [1.807, 2.05) is 36.4 Å². The summed E-state index contributed by atoms with van der Waals surface area (Å²) in [7, 11) is 0. The van der Waals surface area contributed by atoms with Crippen molar-refractivity contribution in [3.05, 3.63) is 291 Å². The van der Waals surface area contributed by atoms with Crippen molar-refractivity contribution in [2.45, 2.75) is 0 Å². The molecule has 2 heterocycles.